The molecule has 1 saturated heterocycles. The van der Waals surface area contributed by atoms with E-state index in [1.807, 2.05) is 12.1 Å². The molecule has 1 heterocycles. The highest BCUT2D eigenvalue weighted by Gasteiger charge is 2.30. The summed E-state index contributed by atoms with van der Waals surface area (Å²) in [6.07, 6.45) is 1.52. The largest absolute Gasteiger partial charge is 0.495 e. The summed E-state index contributed by atoms with van der Waals surface area (Å²) in [5, 5.41) is 0.907. The molecule has 0 unspecified atom stereocenters. The number of nitrogen functional groups attached to an aromatic ring is 1. The van der Waals surface area contributed by atoms with E-state index in [9.17, 15) is 4.57 Å². The SMILES string of the molecule is CCN1CCP(=O)(c2ccc(N)c(OC)c2)CC1. The number of nitrogens with two attached hydrogens (primary N) is 1. The molecule has 0 amide bonds. The number of hydrogen-bond donors (Lipinski definition) is 1. The highest BCUT2D eigenvalue weighted by atomic mass is 31.2. The Morgan fingerprint density at radius 1 is 1.39 bits per heavy atom. The molecule has 0 atom stereocenters. The standard InChI is InChI=1S/C13H21N2O2P/c1-3-15-6-8-18(16,9-7-15)11-4-5-12(14)13(10-11)17-2/h4-5,10H,3,6-9,14H2,1-2H3. The molecule has 2 N–H and O–H groups in total. The van der Waals surface area contributed by atoms with Crippen LogP contribution < -0.4 is 15.8 Å². The number of methoxy groups -OCH3 is 1. The molecule has 1 aliphatic rings. The van der Waals surface area contributed by atoms with Crippen molar-refractivity contribution in [2.24, 2.45) is 0 Å². The molecular weight excluding hydrogens is 247 g/mol. The lowest BCUT2D eigenvalue weighted by atomic mass is 10.3. The second kappa shape index (κ2) is 5.33. The smallest absolute Gasteiger partial charge is 0.142 e. The molecule has 5 heteroatoms. The van der Waals surface area contributed by atoms with Gasteiger partial charge in [0, 0.05) is 30.7 Å². The predicted molar refractivity (Wildman–Crippen MR) is 76.5 cm³/mol. The summed E-state index contributed by atoms with van der Waals surface area (Å²) < 4.78 is 18.2. The Labute approximate surface area is 108 Å². The summed E-state index contributed by atoms with van der Waals surface area (Å²) in [6.45, 7) is 5.01. The first-order valence-corrected chi connectivity index (χ1v) is 8.41. The fourth-order valence-electron chi connectivity index (χ4n) is 2.36. The summed E-state index contributed by atoms with van der Waals surface area (Å²) in [6, 6.07) is 5.53. The second-order valence-corrected chi connectivity index (χ2v) is 7.89. The van der Waals surface area contributed by atoms with Gasteiger partial charge in [0.25, 0.3) is 0 Å². The molecule has 18 heavy (non-hydrogen) atoms. The van der Waals surface area contributed by atoms with Crippen molar-refractivity contribution in [3.63, 3.8) is 0 Å². The van der Waals surface area contributed by atoms with Gasteiger partial charge in [-0.3, -0.25) is 0 Å². The van der Waals surface area contributed by atoms with Gasteiger partial charge in [-0.15, -0.1) is 0 Å². The molecule has 0 aliphatic carbocycles. The molecular formula is C13H21N2O2P. The van der Waals surface area contributed by atoms with E-state index in [1.165, 1.54) is 0 Å². The average Bonchev–Trinajstić information content (AvgIpc) is 2.40. The summed E-state index contributed by atoms with van der Waals surface area (Å²) in [5.41, 5.74) is 6.39. The number of anilines is 1. The van der Waals surface area contributed by atoms with Gasteiger partial charge in [0.15, 0.2) is 0 Å². The lowest BCUT2D eigenvalue weighted by Gasteiger charge is -2.31. The van der Waals surface area contributed by atoms with Gasteiger partial charge in [0.1, 0.15) is 12.9 Å². The van der Waals surface area contributed by atoms with Crippen LogP contribution >= 0.6 is 7.14 Å². The predicted octanol–water partition coefficient (Wildman–Crippen LogP) is 1.60. The van der Waals surface area contributed by atoms with Crippen LogP contribution in [0.5, 0.6) is 5.75 Å². The van der Waals surface area contributed by atoms with Gasteiger partial charge < -0.3 is 19.9 Å². The zero-order valence-corrected chi connectivity index (χ0v) is 12.0. The van der Waals surface area contributed by atoms with Crippen LogP contribution in [0.3, 0.4) is 0 Å². The Morgan fingerprint density at radius 2 is 2.06 bits per heavy atom. The molecule has 100 valence electrons. The van der Waals surface area contributed by atoms with Crippen LogP contribution in [0.4, 0.5) is 5.69 Å². The lowest BCUT2D eigenvalue weighted by molar-refractivity contribution is 0.312. The molecule has 1 aromatic carbocycles. The third kappa shape index (κ3) is 2.55. The maximum Gasteiger partial charge on any atom is 0.142 e. The van der Waals surface area contributed by atoms with Crippen molar-refractivity contribution in [2.75, 3.05) is 44.8 Å². The molecule has 1 aliphatic heterocycles. The third-order valence-electron chi connectivity index (χ3n) is 3.69. The van der Waals surface area contributed by atoms with E-state index >= 15 is 0 Å². The van der Waals surface area contributed by atoms with Gasteiger partial charge in [-0.05, 0) is 24.7 Å². The molecule has 0 aromatic heterocycles. The monoisotopic (exact) mass is 268 g/mol. The van der Waals surface area contributed by atoms with Gasteiger partial charge in [0.2, 0.25) is 0 Å². The molecule has 0 spiro atoms. The Hall–Kier alpha value is -0.990. The van der Waals surface area contributed by atoms with Gasteiger partial charge in [-0.2, -0.15) is 0 Å². The van der Waals surface area contributed by atoms with Crippen LogP contribution in [0.25, 0.3) is 0 Å². The van der Waals surface area contributed by atoms with Crippen molar-refractivity contribution < 1.29 is 9.30 Å². The van der Waals surface area contributed by atoms with E-state index < -0.39 is 7.14 Å². The van der Waals surface area contributed by atoms with Crippen LogP contribution in [-0.4, -0.2) is 44.0 Å². The third-order valence-corrected chi connectivity index (χ3v) is 6.75. The van der Waals surface area contributed by atoms with Crippen LogP contribution in [-0.2, 0) is 4.57 Å². The van der Waals surface area contributed by atoms with Gasteiger partial charge in [0.05, 0.1) is 12.8 Å². The highest BCUT2D eigenvalue weighted by Crippen LogP contribution is 2.47. The van der Waals surface area contributed by atoms with E-state index in [0.29, 0.717) is 11.4 Å². The molecule has 0 bridgehead atoms. The van der Waals surface area contributed by atoms with E-state index in [1.54, 1.807) is 13.2 Å². The van der Waals surface area contributed by atoms with Crippen LogP contribution in [0.15, 0.2) is 18.2 Å². The minimum Gasteiger partial charge on any atom is -0.495 e. The summed E-state index contributed by atoms with van der Waals surface area (Å²) >= 11 is 0. The number of ether oxygens (including phenoxy) is 1. The Kier molecular flexibility index (Phi) is 3.98. The molecule has 0 saturated carbocycles. The van der Waals surface area contributed by atoms with Gasteiger partial charge >= 0.3 is 0 Å². The number of benzene rings is 1. The first-order chi connectivity index (χ1) is 8.59. The quantitative estimate of drug-likeness (QED) is 0.668. The maximum absolute atomic E-state index is 13.0. The molecule has 0 radical (unpaired) electrons. The topological polar surface area (TPSA) is 55.6 Å². The Bertz CT molecular complexity index is 464. The van der Waals surface area contributed by atoms with Gasteiger partial charge in [-0.25, -0.2) is 0 Å². The maximum atomic E-state index is 13.0. The summed E-state index contributed by atoms with van der Waals surface area (Å²) in [5.74, 6) is 0.626. The summed E-state index contributed by atoms with van der Waals surface area (Å²) in [7, 11) is -0.665. The van der Waals surface area contributed by atoms with Crippen molar-refractivity contribution in [3.8, 4) is 5.75 Å². The fraction of sp³-hybridized carbons (Fsp3) is 0.538. The number of nitrogens with zero attached hydrogens (tertiary/aromatic N) is 1. The molecule has 1 fully saturated rings. The highest BCUT2D eigenvalue weighted by molar-refractivity contribution is 7.71. The van der Waals surface area contributed by atoms with Crippen LogP contribution in [0.1, 0.15) is 6.92 Å². The van der Waals surface area contributed by atoms with E-state index in [4.69, 9.17) is 10.5 Å². The zero-order valence-electron chi connectivity index (χ0n) is 11.1. The van der Waals surface area contributed by atoms with E-state index in [0.717, 1.165) is 37.3 Å². The molecule has 2 rings (SSSR count). The van der Waals surface area contributed by atoms with Gasteiger partial charge in [-0.1, -0.05) is 6.92 Å². The minimum atomic E-state index is -2.25. The zero-order chi connectivity index (χ0) is 13.2. The lowest BCUT2D eigenvalue weighted by Crippen LogP contribution is -2.36. The minimum absolute atomic E-state index is 0.597. The van der Waals surface area contributed by atoms with E-state index in [-0.39, 0.29) is 0 Å². The Morgan fingerprint density at radius 3 is 2.61 bits per heavy atom. The van der Waals surface area contributed by atoms with Crippen LogP contribution in [0.2, 0.25) is 0 Å². The van der Waals surface area contributed by atoms with Crippen molar-refractivity contribution in [1.29, 1.82) is 0 Å². The fourth-order valence-corrected chi connectivity index (χ4v) is 5.01. The average molecular weight is 268 g/mol. The number of hydrogen-bond acceptors (Lipinski definition) is 4. The molecule has 4 nitrogen and oxygen atoms in total. The first kappa shape index (κ1) is 13.4. The van der Waals surface area contributed by atoms with E-state index in [2.05, 4.69) is 11.8 Å². The van der Waals surface area contributed by atoms with Crippen molar-refractivity contribution in [3.05, 3.63) is 18.2 Å². The number of rotatable bonds is 3. The van der Waals surface area contributed by atoms with Crippen molar-refractivity contribution >= 4 is 18.1 Å². The molecule has 1 aromatic rings. The Balaban J connectivity index is 2.23. The normalized spacial score (nSPS) is 19.7. The summed E-state index contributed by atoms with van der Waals surface area (Å²) in [4.78, 5) is 2.34. The second-order valence-electron chi connectivity index (χ2n) is 4.70. The van der Waals surface area contributed by atoms with Crippen molar-refractivity contribution in [2.45, 2.75) is 6.92 Å². The first-order valence-electron chi connectivity index (χ1n) is 6.33. The van der Waals surface area contributed by atoms with Crippen molar-refractivity contribution in [1.82, 2.24) is 4.90 Å². The van der Waals surface area contributed by atoms with Crippen LogP contribution in [0, 0.1) is 0 Å².